The van der Waals surface area contributed by atoms with Gasteiger partial charge in [0, 0.05) is 25.0 Å². The van der Waals surface area contributed by atoms with Crippen LogP contribution in [0.1, 0.15) is 32.1 Å². The highest BCUT2D eigenvalue weighted by molar-refractivity contribution is 5.78. The first-order valence-corrected chi connectivity index (χ1v) is 4.76. The van der Waals surface area contributed by atoms with E-state index in [-0.39, 0.29) is 5.54 Å². The van der Waals surface area contributed by atoms with E-state index >= 15 is 0 Å². The molecule has 1 amide bonds. The lowest BCUT2D eigenvalue weighted by Gasteiger charge is -2.17. The largest absolute Gasteiger partial charge is 0.343 e. The van der Waals surface area contributed by atoms with Crippen LogP contribution in [0.3, 0.4) is 0 Å². The lowest BCUT2D eigenvalue weighted by Crippen LogP contribution is -2.32. The summed E-state index contributed by atoms with van der Waals surface area (Å²) in [4.78, 5) is 13.1. The third-order valence-corrected chi connectivity index (χ3v) is 2.94. The molecule has 1 aliphatic carbocycles. The first kappa shape index (κ1) is 8.05. The maximum Gasteiger partial charge on any atom is 0.222 e. The average Bonchev–Trinajstić information content (AvgIpc) is 2.61. The van der Waals surface area contributed by atoms with Crippen LogP contribution in [-0.4, -0.2) is 29.4 Å². The van der Waals surface area contributed by atoms with Crippen molar-refractivity contribution in [3.05, 3.63) is 0 Å². The van der Waals surface area contributed by atoms with Crippen LogP contribution in [-0.2, 0) is 4.79 Å². The topological polar surface area (TPSA) is 46.3 Å². The summed E-state index contributed by atoms with van der Waals surface area (Å²) in [6, 6.07) is 0. The Balaban J connectivity index is 1.75. The van der Waals surface area contributed by atoms with Gasteiger partial charge in [0.2, 0.25) is 5.91 Å². The van der Waals surface area contributed by atoms with E-state index in [9.17, 15) is 4.79 Å². The smallest absolute Gasteiger partial charge is 0.222 e. The average molecular weight is 168 g/mol. The summed E-state index contributed by atoms with van der Waals surface area (Å²) < 4.78 is 0. The van der Waals surface area contributed by atoms with E-state index in [2.05, 4.69) is 0 Å². The van der Waals surface area contributed by atoms with Gasteiger partial charge in [-0.1, -0.05) is 0 Å². The molecule has 0 radical (unpaired) electrons. The monoisotopic (exact) mass is 168 g/mol. The van der Waals surface area contributed by atoms with E-state index in [0.29, 0.717) is 5.91 Å². The maximum atomic E-state index is 11.2. The summed E-state index contributed by atoms with van der Waals surface area (Å²) in [6.07, 6.45) is 5.08. The maximum absolute atomic E-state index is 11.2. The number of carbonyl (C=O) groups is 1. The second-order valence-corrected chi connectivity index (χ2v) is 4.10. The molecule has 2 aliphatic rings. The fourth-order valence-electron chi connectivity index (χ4n) is 1.71. The summed E-state index contributed by atoms with van der Waals surface area (Å²) in [6.45, 7) is 1.84. The van der Waals surface area contributed by atoms with Crippen molar-refractivity contribution in [1.82, 2.24) is 4.90 Å². The molecule has 2 rings (SSSR count). The summed E-state index contributed by atoms with van der Waals surface area (Å²) in [5.74, 6) is 0.319. The summed E-state index contributed by atoms with van der Waals surface area (Å²) in [5.41, 5.74) is 6.03. The minimum Gasteiger partial charge on any atom is -0.343 e. The molecule has 2 N–H and O–H groups in total. The molecule has 1 aliphatic heterocycles. The molecular formula is C9H16N2O. The molecule has 3 nitrogen and oxygen atoms in total. The van der Waals surface area contributed by atoms with Crippen LogP contribution in [0.25, 0.3) is 0 Å². The molecule has 0 aromatic heterocycles. The number of rotatable bonds is 3. The summed E-state index contributed by atoms with van der Waals surface area (Å²) >= 11 is 0. The zero-order chi connectivity index (χ0) is 8.60. The number of nitrogens with zero attached hydrogens (tertiary/aromatic N) is 1. The Morgan fingerprint density at radius 3 is 2.75 bits per heavy atom. The van der Waals surface area contributed by atoms with Gasteiger partial charge in [-0.2, -0.15) is 0 Å². The van der Waals surface area contributed by atoms with Gasteiger partial charge in [-0.15, -0.1) is 0 Å². The minimum absolute atomic E-state index is 0.100. The second-order valence-electron chi connectivity index (χ2n) is 4.10. The van der Waals surface area contributed by atoms with Gasteiger partial charge in [0.25, 0.3) is 0 Å². The second kappa shape index (κ2) is 2.73. The van der Waals surface area contributed by atoms with E-state index in [0.717, 1.165) is 45.2 Å². The van der Waals surface area contributed by atoms with Crippen molar-refractivity contribution in [3.8, 4) is 0 Å². The lowest BCUT2D eigenvalue weighted by atomic mass is 10.2. The number of hydrogen-bond acceptors (Lipinski definition) is 2. The predicted molar refractivity (Wildman–Crippen MR) is 46.6 cm³/mol. The van der Waals surface area contributed by atoms with E-state index in [1.54, 1.807) is 0 Å². The molecule has 3 heteroatoms. The van der Waals surface area contributed by atoms with Gasteiger partial charge in [-0.05, 0) is 25.7 Å². The van der Waals surface area contributed by atoms with Gasteiger partial charge in [-0.3, -0.25) is 4.79 Å². The number of carbonyl (C=O) groups excluding carboxylic acids is 1. The predicted octanol–water partition coefficient (Wildman–Crippen LogP) is 0.490. The zero-order valence-corrected chi connectivity index (χ0v) is 7.38. The molecule has 0 unspecified atom stereocenters. The fraction of sp³-hybridized carbons (Fsp3) is 0.889. The quantitative estimate of drug-likeness (QED) is 0.666. The fourth-order valence-corrected chi connectivity index (χ4v) is 1.71. The molecule has 0 aromatic rings. The highest BCUT2D eigenvalue weighted by Crippen LogP contribution is 2.35. The highest BCUT2D eigenvalue weighted by Gasteiger charge is 2.38. The van der Waals surface area contributed by atoms with Gasteiger partial charge in [0.1, 0.15) is 0 Å². The van der Waals surface area contributed by atoms with Crippen molar-refractivity contribution in [1.29, 1.82) is 0 Å². The Kier molecular flexibility index (Phi) is 1.83. The molecule has 1 saturated carbocycles. The van der Waals surface area contributed by atoms with Crippen molar-refractivity contribution in [2.24, 2.45) is 5.73 Å². The van der Waals surface area contributed by atoms with Crippen molar-refractivity contribution >= 4 is 5.91 Å². The molecule has 0 atom stereocenters. The van der Waals surface area contributed by atoms with Crippen LogP contribution in [0.4, 0.5) is 0 Å². The van der Waals surface area contributed by atoms with Gasteiger partial charge < -0.3 is 10.6 Å². The SMILES string of the molecule is NC1(CCN2CCCC2=O)CC1. The van der Waals surface area contributed by atoms with Crippen LogP contribution < -0.4 is 5.73 Å². The molecule has 0 bridgehead atoms. The Hall–Kier alpha value is -0.570. The summed E-state index contributed by atoms with van der Waals surface area (Å²) in [7, 11) is 0. The van der Waals surface area contributed by atoms with Crippen LogP contribution >= 0.6 is 0 Å². The number of amides is 1. The van der Waals surface area contributed by atoms with Crippen molar-refractivity contribution < 1.29 is 4.79 Å². The van der Waals surface area contributed by atoms with E-state index < -0.39 is 0 Å². The van der Waals surface area contributed by atoms with Gasteiger partial charge in [-0.25, -0.2) is 0 Å². The van der Waals surface area contributed by atoms with Crippen molar-refractivity contribution in [2.45, 2.75) is 37.6 Å². The number of nitrogens with two attached hydrogens (primary N) is 1. The first-order valence-electron chi connectivity index (χ1n) is 4.76. The van der Waals surface area contributed by atoms with Crippen molar-refractivity contribution in [2.75, 3.05) is 13.1 Å². The third kappa shape index (κ3) is 1.61. The number of hydrogen-bond donors (Lipinski definition) is 1. The molecule has 12 heavy (non-hydrogen) atoms. The van der Waals surface area contributed by atoms with Gasteiger partial charge in [0.15, 0.2) is 0 Å². The first-order chi connectivity index (χ1) is 5.70. The molecule has 1 saturated heterocycles. The van der Waals surface area contributed by atoms with Crippen LogP contribution in [0.15, 0.2) is 0 Å². The van der Waals surface area contributed by atoms with Gasteiger partial charge >= 0.3 is 0 Å². The number of likely N-dealkylation sites (tertiary alicyclic amines) is 1. The Morgan fingerprint density at radius 2 is 2.25 bits per heavy atom. The summed E-state index contributed by atoms with van der Waals surface area (Å²) in [5, 5.41) is 0. The Morgan fingerprint density at radius 1 is 1.50 bits per heavy atom. The Bertz CT molecular complexity index is 199. The molecule has 0 aromatic carbocycles. The lowest BCUT2D eigenvalue weighted by molar-refractivity contribution is -0.127. The molecular weight excluding hydrogens is 152 g/mol. The van der Waals surface area contributed by atoms with Crippen LogP contribution in [0, 0.1) is 0 Å². The van der Waals surface area contributed by atoms with Crippen LogP contribution in [0.5, 0.6) is 0 Å². The molecule has 1 heterocycles. The normalized spacial score (nSPS) is 26.4. The Labute approximate surface area is 72.9 Å². The third-order valence-electron chi connectivity index (χ3n) is 2.94. The standard InChI is InChI=1S/C9H16N2O/c10-9(3-4-9)5-7-11-6-1-2-8(11)12/h1-7,10H2. The zero-order valence-electron chi connectivity index (χ0n) is 7.38. The molecule has 0 spiro atoms. The van der Waals surface area contributed by atoms with E-state index in [4.69, 9.17) is 5.73 Å². The van der Waals surface area contributed by atoms with Crippen molar-refractivity contribution in [3.63, 3.8) is 0 Å². The van der Waals surface area contributed by atoms with Gasteiger partial charge in [0.05, 0.1) is 0 Å². The molecule has 68 valence electrons. The minimum atomic E-state index is 0.100. The van der Waals surface area contributed by atoms with E-state index in [1.165, 1.54) is 0 Å². The molecule has 2 fully saturated rings. The highest BCUT2D eigenvalue weighted by atomic mass is 16.2. The van der Waals surface area contributed by atoms with Crippen LogP contribution in [0.2, 0.25) is 0 Å². The van der Waals surface area contributed by atoms with E-state index in [1.807, 2.05) is 4.90 Å².